The molecule has 0 amide bonds. The fraction of sp³-hybridized carbons (Fsp3) is 0.875. The van der Waals surface area contributed by atoms with Crippen molar-refractivity contribution in [1.29, 1.82) is 0 Å². The van der Waals surface area contributed by atoms with Crippen molar-refractivity contribution in [3.05, 3.63) is 0 Å². The second kappa shape index (κ2) is 12.6. The van der Waals surface area contributed by atoms with E-state index in [0.717, 1.165) is 0 Å². The number of aliphatic hydroxyl groups excluding tert-OH is 3. The molecule has 0 rings (SSSR count). The van der Waals surface area contributed by atoms with Gasteiger partial charge in [-0.1, -0.05) is 0 Å². The van der Waals surface area contributed by atoms with Crippen molar-refractivity contribution in [1.82, 2.24) is 0 Å². The molecule has 0 radical (unpaired) electrons. The number of rotatable bonds is 13. The topological polar surface area (TPSA) is 155 Å². The first-order valence-electron chi connectivity index (χ1n) is 9.24. The van der Waals surface area contributed by atoms with E-state index in [1.807, 2.05) is 0 Å². The third-order valence-corrected chi connectivity index (χ3v) is 4.22. The minimum absolute atomic E-state index is 0.292. The van der Waals surface area contributed by atoms with E-state index in [9.17, 15) is 71.8 Å². The van der Waals surface area contributed by atoms with E-state index in [1.54, 1.807) is 0 Å². The molecular formula is C16H20F13NO7. The highest BCUT2D eigenvalue weighted by Crippen LogP contribution is 2.60. The summed E-state index contributed by atoms with van der Waals surface area (Å²) >= 11 is 0. The van der Waals surface area contributed by atoms with Crippen LogP contribution in [-0.2, 0) is 14.3 Å². The van der Waals surface area contributed by atoms with E-state index in [1.165, 1.54) is 0 Å². The summed E-state index contributed by atoms with van der Waals surface area (Å²) in [6, 6.07) is 0. The van der Waals surface area contributed by atoms with Gasteiger partial charge >= 0.3 is 41.8 Å². The van der Waals surface area contributed by atoms with Gasteiger partial charge in [-0.3, -0.25) is 4.79 Å². The number of carbonyl (C=O) groups excluding carboxylic acids is 2. The third kappa shape index (κ3) is 8.43. The number of carboxylic acids is 1. The Labute approximate surface area is 197 Å². The van der Waals surface area contributed by atoms with E-state index in [2.05, 4.69) is 10.5 Å². The summed E-state index contributed by atoms with van der Waals surface area (Å²) in [5.74, 6) is -41.1. The van der Waals surface area contributed by atoms with Gasteiger partial charge in [-0.25, -0.2) is 0 Å². The Bertz CT molecular complexity index is 748. The van der Waals surface area contributed by atoms with Crippen molar-refractivity contribution in [2.45, 2.75) is 60.6 Å². The van der Waals surface area contributed by atoms with Crippen molar-refractivity contribution in [3.8, 4) is 0 Å². The molecule has 0 saturated carbocycles. The van der Waals surface area contributed by atoms with E-state index in [4.69, 9.17) is 15.3 Å². The van der Waals surface area contributed by atoms with Crippen LogP contribution in [0.15, 0.2) is 0 Å². The number of quaternary nitrogens is 1. The van der Waals surface area contributed by atoms with Crippen molar-refractivity contribution in [3.63, 3.8) is 0 Å². The molecule has 0 saturated heterocycles. The van der Waals surface area contributed by atoms with Gasteiger partial charge in [0.05, 0.1) is 19.4 Å². The van der Waals surface area contributed by atoms with E-state index in [-0.39, 0.29) is 19.8 Å². The first-order valence-corrected chi connectivity index (χ1v) is 9.24. The second-order valence-corrected chi connectivity index (χ2v) is 7.32. The van der Waals surface area contributed by atoms with E-state index in [0.29, 0.717) is 0 Å². The highest BCUT2D eigenvalue weighted by Gasteiger charge is 2.90. The third-order valence-electron chi connectivity index (χ3n) is 4.22. The molecule has 0 bridgehead atoms. The molecule has 0 unspecified atom stereocenters. The molecule has 0 aliphatic heterocycles. The summed E-state index contributed by atoms with van der Waals surface area (Å²) in [4.78, 5) is 20.8. The van der Waals surface area contributed by atoms with Gasteiger partial charge in [-0.2, -0.15) is 57.1 Å². The van der Waals surface area contributed by atoms with Crippen molar-refractivity contribution >= 4 is 11.9 Å². The number of esters is 1. The molecule has 0 aromatic heterocycles. The number of carbonyl (C=O) groups is 2. The molecule has 0 aliphatic carbocycles. The monoisotopic (exact) mass is 585 g/mol. The molecule has 0 atom stereocenters. The molecule has 0 aliphatic rings. The Morgan fingerprint density at radius 3 is 1.35 bits per heavy atom. The number of aliphatic hydroxyl groups is 3. The number of hydrogen-bond donors (Lipinski definition) is 4. The minimum Gasteiger partial charge on any atom is -0.550 e. The summed E-state index contributed by atoms with van der Waals surface area (Å²) in [6.45, 7) is -2.80. The van der Waals surface area contributed by atoms with Gasteiger partial charge in [-0.05, 0) is 6.42 Å². The summed E-state index contributed by atoms with van der Waals surface area (Å²) < 4.78 is 170. The number of carboxylic acid groups (broad SMARTS) is 1. The molecule has 0 heterocycles. The highest BCUT2D eigenvalue weighted by atomic mass is 19.4. The lowest BCUT2D eigenvalue weighted by Crippen LogP contribution is -2.78. The number of halogens is 13. The Morgan fingerprint density at radius 1 is 0.676 bits per heavy atom. The summed E-state index contributed by atoms with van der Waals surface area (Å²) in [7, 11) is 0. The van der Waals surface area contributed by atoms with Crippen LogP contribution >= 0.6 is 0 Å². The first kappa shape index (κ1) is 37.0. The Hall–Kier alpha value is -2.13. The molecule has 6 N–H and O–H groups in total. The lowest BCUT2D eigenvalue weighted by Gasteiger charge is -2.39. The fourth-order valence-electron chi connectivity index (χ4n) is 1.68. The highest BCUT2D eigenvalue weighted by molar-refractivity contribution is 5.75. The number of hydrogen-bond acceptors (Lipinski definition) is 7. The number of aliphatic carboxylic acids is 1. The molecule has 8 nitrogen and oxygen atoms in total. The van der Waals surface area contributed by atoms with Gasteiger partial charge in [0.15, 0.2) is 5.54 Å². The van der Waals surface area contributed by atoms with Crippen LogP contribution in [0.2, 0.25) is 0 Å². The normalized spacial score (nSPS) is 14.1. The lowest BCUT2D eigenvalue weighted by molar-refractivity contribution is -0.494. The van der Waals surface area contributed by atoms with Crippen LogP contribution in [0.1, 0.15) is 19.3 Å². The maximum atomic E-state index is 13.3. The van der Waals surface area contributed by atoms with Crippen LogP contribution in [0, 0.1) is 0 Å². The minimum atomic E-state index is -8.00. The van der Waals surface area contributed by atoms with Gasteiger partial charge in [0.1, 0.15) is 19.8 Å². The molecule has 0 fully saturated rings. The second-order valence-electron chi connectivity index (χ2n) is 7.32. The van der Waals surface area contributed by atoms with Crippen LogP contribution in [0.4, 0.5) is 57.1 Å². The van der Waals surface area contributed by atoms with Crippen molar-refractivity contribution < 1.29 is 97.6 Å². The molecular weight excluding hydrogens is 565 g/mol. The Kier molecular flexibility index (Phi) is 12.6. The van der Waals surface area contributed by atoms with Crippen molar-refractivity contribution in [2.24, 2.45) is 0 Å². The molecule has 0 aromatic rings. The Balaban J connectivity index is 0. The predicted octanol–water partition coefficient (Wildman–Crippen LogP) is 0.133. The molecule has 21 heteroatoms. The van der Waals surface area contributed by atoms with Crippen LogP contribution in [-0.4, -0.2) is 95.0 Å². The molecule has 0 aromatic carbocycles. The standard InChI is InChI=1S/C12H9F13O4.C4H11NO3/c13-7(14,3-4-29-6(28)2-1-5(26)27)8(15,16)9(17,18)10(19,20)11(21,22)12(23,24)25;5-4(1-6,2-7)3-8/h1-4H2,(H,26,27);6-8H,1-3,5H2. The van der Waals surface area contributed by atoms with Gasteiger partial charge in [0.25, 0.3) is 0 Å². The van der Waals surface area contributed by atoms with Crippen molar-refractivity contribution in [2.75, 3.05) is 26.4 Å². The van der Waals surface area contributed by atoms with Gasteiger partial charge in [0.2, 0.25) is 0 Å². The quantitative estimate of drug-likeness (QED) is 0.177. The van der Waals surface area contributed by atoms with Crippen LogP contribution in [0.3, 0.4) is 0 Å². The average molecular weight is 585 g/mol. The maximum absolute atomic E-state index is 13.3. The zero-order chi connectivity index (χ0) is 30.3. The summed E-state index contributed by atoms with van der Waals surface area (Å²) in [5.41, 5.74) is 2.42. The maximum Gasteiger partial charge on any atom is 0.460 e. The van der Waals surface area contributed by atoms with Crippen LogP contribution in [0.25, 0.3) is 0 Å². The number of alkyl halides is 13. The smallest absolute Gasteiger partial charge is 0.460 e. The zero-order valence-electron chi connectivity index (χ0n) is 18.0. The van der Waals surface area contributed by atoms with Gasteiger partial charge in [-0.15, -0.1) is 0 Å². The predicted molar refractivity (Wildman–Crippen MR) is 87.5 cm³/mol. The summed E-state index contributed by atoms with van der Waals surface area (Å²) in [5, 5.41) is 35.2. The van der Waals surface area contributed by atoms with E-state index >= 15 is 0 Å². The average Bonchev–Trinajstić information content (AvgIpc) is 2.76. The van der Waals surface area contributed by atoms with Crippen LogP contribution in [0.5, 0.6) is 0 Å². The summed E-state index contributed by atoms with van der Waals surface area (Å²) in [6.07, 6.45) is -12.3. The molecule has 222 valence electrons. The molecule has 0 spiro atoms. The lowest BCUT2D eigenvalue weighted by atomic mass is 9.93. The SMILES string of the molecule is O=C([O-])CCC(=O)OCCC(F)(F)C(F)(F)C(F)(F)C(F)(F)C(F)(F)C(F)(F)F.[NH3+]C(CO)(CO)CO. The van der Waals surface area contributed by atoms with E-state index < -0.39 is 79.1 Å². The largest absolute Gasteiger partial charge is 0.550 e. The van der Waals surface area contributed by atoms with Gasteiger partial charge < -0.3 is 35.7 Å². The fourth-order valence-corrected chi connectivity index (χ4v) is 1.68. The number of ether oxygens (including phenoxy) is 1. The van der Waals surface area contributed by atoms with Gasteiger partial charge in [0, 0.05) is 5.97 Å². The zero-order valence-corrected chi connectivity index (χ0v) is 18.0. The first-order chi connectivity index (χ1) is 16.2. The Morgan fingerprint density at radius 2 is 1.05 bits per heavy atom. The molecule has 37 heavy (non-hydrogen) atoms. The van der Waals surface area contributed by atoms with Crippen LogP contribution < -0.4 is 10.8 Å².